The lowest BCUT2D eigenvalue weighted by Gasteiger charge is -2.60. The van der Waals surface area contributed by atoms with Crippen molar-refractivity contribution in [3.05, 3.63) is 0 Å². The molecule has 8 aliphatic rings. The van der Waals surface area contributed by atoms with Crippen LogP contribution in [0.1, 0.15) is 70.6 Å². The van der Waals surface area contributed by atoms with Crippen LogP contribution in [0.25, 0.3) is 0 Å². The van der Waals surface area contributed by atoms with Crippen LogP contribution in [-0.4, -0.2) is 30.8 Å². The SMILES string of the molecule is COC1(CNC(=O)NC23CC4CC(CC(C4)C2)C3)C2CC3CC(C2)CC1C3. The fraction of sp³-hybridized carbons (Fsp3) is 0.957. The Labute approximate surface area is 163 Å². The van der Waals surface area contributed by atoms with E-state index in [-0.39, 0.29) is 17.2 Å². The van der Waals surface area contributed by atoms with Crippen molar-refractivity contribution in [2.45, 2.75) is 81.8 Å². The largest absolute Gasteiger partial charge is 0.376 e. The Morgan fingerprint density at radius 1 is 0.815 bits per heavy atom. The number of ether oxygens (including phenoxy) is 1. The van der Waals surface area contributed by atoms with Crippen molar-refractivity contribution in [1.29, 1.82) is 0 Å². The Kier molecular flexibility index (Phi) is 3.72. The maximum atomic E-state index is 12.9. The summed E-state index contributed by atoms with van der Waals surface area (Å²) in [6, 6.07) is 0.0715. The number of hydrogen-bond acceptors (Lipinski definition) is 2. The van der Waals surface area contributed by atoms with Crippen LogP contribution in [0.5, 0.6) is 0 Å². The predicted molar refractivity (Wildman–Crippen MR) is 104 cm³/mol. The summed E-state index contributed by atoms with van der Waals surface area (Å²) in [5.74, 6) is 5.76. The van der Waals surface area contributed by atoms with Gasteiger partial charge in [0.1, 0.15) is 0 Å². The van der Waals surface area contributed by atoms with Crippen LogP contribution >= 0.6 is 0 Å². The molecule has 8 bridgehead atoms. The Morgan fingerprint density at radius 3 is 1.78 bits per heavy atom. The molecule has 8 fully saturated rings. The molecule has 8 rings (SSSR count). The van der Waals surface area contributed by atoms with Crippen LogP contribution in [0.4, 0.5) is 4.79 Å². The van der Waals surface area contributed by atoms with Gasteiger partial charge in [0.25, 0.3) is 0 Å². The molecule has 4 nitrogen and oxygen atoms in total. The van der Waals surface area contributed by atoms with E-state index in [2.05, 4.69) is 10.6 Å². The zero-order chi connectivity index (χ0) is 18.2. The minimum absolute atomic E-state index is 0.0715. The second-order valence-electron chi connectivity index (χ2n) is 11.5. The Morgan fingerprint density at radius 2 is 1.30 bits per heavy atom. The number of carbonyl (C=O) groups is 1. The van der Waals surface area contributed by atoms with E-state index in [4.69, 9.17) is 4.74 Å². The predicted octanol–water partition coefficient (Wildman–Crippen LogP) is 4.10. The van der Waals surface area contributed by atoms with Gasteiger partial charge in [-0.3, -0.25) is 0 Å². The molecule has 0 saturated heterocycles. The minimum Gasteiger partial charge on any atom is -0.376 e. The van der Waals surface area contributed by atoms with Crippen LogP contribution in [-0.2, 0) is 4.74 Å². The van der Waals surface area contributed by atoms with Gasteiger partial charge >= 0.3 is 6.03 Å². The highest BCUT2D eigenvalue weighted by Crippen LogP contribution is 2.59. The molecule has 0 heterocycles. The van der Waals surface area contributed by atoms with Crippen molar-refractivity contribution < 1.29 is 9.53 Å². The van der Waals surface area contributed by atoms with E-state index in [1.54, 1.807) is 0 Å². The molecule has 150 valence electrons. The van der Waals surface area contributed by atoms with E-state index >= 15 is 0 Å². The van der Waals surface area contributed by atoms with Crippen molar-refractivity contribution in [2.75, 3.05) is 13.7 Å². The third-order valence-electron chi connectivity index (χ3n) is 9.84. The van der Waals surface area contributed by atoms with Crippen molar-refractivity contribution in [2.24, 2.45) is 41.4 Å². The van der Waals surface area contributed by atoms with Gasteiger partial charge in [0, 0.05) is 19.2 Å². The van der Waals surface area contributed by atoms with Crippen molar-refractivity contribution in [1.82, 2.24) is 10.6 Å². The summed E-state index contributed by atoms with van der Waals surface area (Å²) < 4.78 is 6.22. The molecule has 0 radical (unpaired) electrons. The average molecular weight is 373 g/mol. The van der Waals surface area contributed by atoms with Gasteiger partial charge in [-0.2, -0.15) is 0 Å². The highest BCUT2D eigenvalue weighted by molar-refractivity contribution is 5.75. The monoisotopic (exact) mass is 372 g/mol. The molecule has 2 amide bonds. The molecular weight excluding hydrogens is 336 g/mol. The highest BCUT2D eigenvalue weighted by atomic mass is 16.5. The van der Waals surface area contributed by atoms with Crippen molar-refractivity contribution >= 4 is 6.03 Å². The van der Waals surface area contributed by atoms with E-state index in [0.717, 1.165) is 29.6 Å². The molecule has 0 aromatic carbocycles. The van der Waals surface area contributed by atoms with Gasteiger partial charge in [-0.05, 0) is 112 Å². The lowest BCUT2D eigenvalue weighted by Crippen LogP contribution is -2.65. The third kappa shape index (κ3) is 2.61. The number of nitrogens with one attached hydrogen (secondary N) is 2. The molecule has 27 heavy (non-hydrogen) atoms. The molecule has 0 unspecified atom stereocenters. The zero-order valence-electron chi connectivity index (χ0n) is 16.8. The highest BCUT2D eigenvalue weighted by Gasteiger charge is 2.58. The van der Waals surface area contributed by atoms with Gasteiger partial charge in [-0.25, -0.2) is 4.79 Å². The maximum absolute atomic E-state index is 12.9. The van der Waals surface area contributed by atoms with Crippen LogP contribution in [0, 0.1) is 41.4 Å². The second kappa shape index (κ2) is 5.87. The van der Waals surface area contributed by atoms with E-state index < -0.39 is 0 Å². The summed E-state index contributed by atoms with van der Waals surface area (Å²) in [6.45, 7) is 0.705. The average Bonchev–Trinajstić information content (AvgIpc) is 2.59. The molecule has 8 aliphatic carbocycles. The topological polar surface area (TPSA) is 50.4 Å². The first kappa shape index (κ1) is 17.1. The summed E-state index contributed by atoms with van der Waals surface area (Å²) in [5.41, 5.74) is -0.00460. The first-order valence-electron chi connectivity index (χ1n) is 11.7. The van der Waals surface area contributed by atoms with Crippen LogP contribution in [0.3, 0.4) is 0 Å². The number of carbonyl (C=O) groups excluding carboxylic acids is 1. The molecule has 8 saturated carbocycles. The molecule has 0 atom stereocenters. The second-order valence-corrected chi connectivity index (χ2v) is 11.5. The van der Waals surface area contributed by atoms with Gasteiger partial charge < -0.3 is 15.4 Å². The minimum atomic E-state index is -0.105. The fourth-order valence-electron chi connectivity index (χ4n) is 9.44. The molecule has 2 N–H and O–H groups in total. The van der Waals surface area contributed by atoms with Crippen LogP contribution < -0.4 is 10.6 Å². The van der Waals surface area contributed by atoms with E-state index in [1.807, 2.05) is 7.11 Å². The third-order valence-corrected chi connectivity index (χ3v) is 9.84. The van der Waals surface area contributed by atoms with Crippen LogP contribution in [0.15, 0.2) is 0 Å². The van der Waals surface area contributed by atoms with Gasteiger partial charge in [-0.1, -0.05) is 0 Å². The summed E-state index contributed by atoms with van der Waals surface area (Å²) in [5, 5.41) is 6.79. The van der Waals surface area contributed by atoms with E-state index in [9.17, 15) is 4.79 Å². The molecular formula is C23H36N2O2. The summed E-state index contributed by atoms with van der Waals surface area (Å²) in [6.07, 6.45) is 14.6. The first-order valence-corrected chi connectivity index (χ1v) is 11.7. The summed E-state index contributed by atoms with van der Waals surface area (Å²) >= 11 is 0. The maximum Gasteiger partial charge on any atom is 0.315 e. The number of amides is 2. The number of hydrogen-bond donors (Lipinski definition) is 2. The molecule has 0 spiro atoms. The fourth-order valence-corrected chi connectivity index (χ4v) is 9.44. The lowest BCUT2D eigenvalue weighted by atomic mass is 9.49. The van der Waals surface area contributed by atoms with Gasteiger partial charge in [0.15, 0.2) is 0 Å². The normalized spacial score (nSPS) is 54.3. The molecule has 4 heteroatoms. The summed E-state index contributed by atoms with van der Waals surface area (Å²) in [7, 11) is 1.89. The van der Waals surface area contributed by atoms with Crippen LogP contribution in [0.2, 0.25) is 0 Å². The first-order chi connectivity index (χ1) is 13.1. The smallest absolute Gasteiger partial charge is 0.315 e. The van der Waals surface area contributed by atoms with Gasteiger partial charge in [-0.15, -0.1) is 0 Å². The van der Waals surface area contributed by atoms with Gasteiger partial charge in [0.05, 0.1) is 5.60 Å². The van der Waals surface area contributed by atoms with Crippen molar-refractivity contribution in [3.63, 3.8) is 0 Å². The molecule has 0 aromatic heterocycles. The van der Waals surface area contributed by atoms with E-state index in [0.29, 0.717) is 18.4 Å². The Balaban J connectivity index is 1.13. The lowest BCUT2D eigenvalue weighted by molar-refractivity contribution is -0.186. The van der Waals surface area contributed by atoms with E-state index in [1.165, 1.54) is 70.6 Å². The quantitative estimate of drug-likeness (QED) is 0.781. The van der Waals surface area contributed by atoms with Gasteiger partial charge in [0.2, 0.25) is 0 Å². The summed E-state index contributed by atoms with van der Waals surface area (Å²) in [4.78, 5) is 12.9. The zero-order valence-corrected chi connectivity index (χ0v) is 16.8. The number of methoxy groups -OCH3 is 1. The number of rotatable bonds is 4. The molecule has 0 aromatic rings. The standard InChI is InChI=1S/C23H36N2O2/c1-27-23(19-6-14-2-15(8-19)9-20(23)7-14)13-24-21(26)25-22-10-16-3-17(11-22)5-18(4-16)12-22/h14-20H,2-13H2,1H3,(H2,24,25,26). The number of urea groups is 1. The Bertz CT molecular complexity index is 567. The Hall–Kier alpha value is -0.770. The molecule has 0 aliphatic heterocycles. The van der Waals surface area contributed by atoms with Crippen molar-refractivity contribution in [3.8, 4) is 0 Å².